The Morgan fingerprint density at radius 2 is 2.38 bits per heavy atom. The second-order valence-corrected chi connectivity index (χ2v) is 3.54. The molecule has 1 aliphatic rings. The number of nitrogens with zero attached hydrogens (tertiary/aromatic N) is 1. The maximum absolute atomic E-state index is 13.0. The zero-order chi connectivity index (χ0) is 9.10. The molecule has 1 N–H and O–H groups in total. The number of pyridine rings is 1. The third kappa shape index (κ3) is 2.49. The lowest BCUT2D eigenvalue weighted by atomic mass is 10.2. The highest BCUT2D eigenvalue weighted by atomic mass is 19.1. The fourth-order valence-corrected chi connectivity index (χ4v) is 1.28. The Kier molecular flexibility index (Phi) is 2.54. The van der Waals surface area contributed by atoms with Gasteiger partial charge in [0.05, 0.1) is 6.20 Å². The van der Waals surface area contributed by atoms with Crippen LogP contribution in [0, 0.1) is 11.7 Å². The molecule has 0 spiro atoms. The summed E-state index contributed by atoms with van der Waals surface area (Å²) in [6, 6.07) is 1.72. The normalized spacial score (nSPS) is 16.1. The van der Waals surface area contributed by atoms with Gasteiger partial charge in [-0.1, -0.05) is 0 Å². The lowest BCUT2D eigenvalue weighted by Gasteiger charge is -2.03. The van der Waals surface area contributed by atoms with Gasteiger partial charge in [0, 0.05) is 18.3 Å². The summed E-state index contributed by atoms with van der Waals surface area (Å²) in [6.45, 7) is 1.63. The van der Waals surface area contributed by atoms with Gasteiger partial charge in [0.15, 0.2) is 0 Å². The quantitative estimate of drug-likeness (QED) is 0.763. The van der Waals surface area contributed by atoms with Gasteiger partial charge in [0.25, 0.3) is 0 Å². The van der Waals surface area contributed by atoms with Crippen LogP contribution in [0.3, 0.4) is 0 Å². The van der Waals surface area contributed by atoms with Crippen LogP contribution >= 0.6 is 0 Å². The van der Waals surface area contributed by atoms with Crippen molar-refractivity contribution in [2.75, 3.05) is 6.54 Å². The van der Waals surface area contributed by atoms with Gasteiger partial charge in [-0.25, -0.2) is 4.39 Å². The molecule has 1 heterocycles. The molecule has 0 aliphatic heterocycles. The highest BCUT2D eigenvalue weighted by molar-refractivity contribution is 5.11. The molecule has 1 aromatic heterocycles. The molecule has 2 rings (SSSR count). The number of nitrogens with one attached hydrogen (secondary N) is 1. The van der Waals surface area contributed by atoms with E-state index in [1.165, 1.54) is 19.0 Å². The SMILES string of the molecule is Fc1cnccc1CNCC1CC1. The number of hydrogen-bond donors (Lipinski definition) is 1. The second-order valence-electron chi connectivity index (χ2n) is 3.54. The van der Waals surface area contributed by atoms with E-state index in [9.17, 15) is 4.39 Å². The molecule has 0 aromatic carbocycles. The minimum Gasteiger partial charge on any atom is -0.312 e. The van der Waals surface area contributed by atoms with Crippen LogP contribution in [0.2, 0.25) is 0 Å². The topological polar surface area (TPSA) is 24.9 Å². The zero-order valence-electron chi connectivity index (χ0n) is 7.46. The van der Waals surface area contributed by atoms with Gasteiger partial charge in [-0.15, -0.1) is 0 Å². The van der Waals surface area contributed by atoms with E-state index >= 15 is 0 Å². The average molecular weight is 180 g/mol. The summed E-state index contributed by atoms with van der Waals surface area (Å²) in [5, 5.41) is 3.24. The summed E-state index contributed by atoms with van der Waals surface area (Å²) < 4.78 is 13.0. The lowest BCUT2D eigenvalue weighted by Crippen LogP contribution is -2.16. The van der Waals surface area contributed by atoms with Gasteiger partial charge in [-0.3, -0.25) is 4.98 Å². The fourth-order valence-electron chi connectivity index (χ4n) is 1.28. The zero-order valence-corrected chi connectivity index (χ0v) is 7.46. The summed E-state index contributed by atoms with van der Waals surface area (Å²) >= 11 is 0. The van der Waals surface area contributed by atoms with E-state index in [4.69, 9.17) is 0 Å². The number of halogens is 1. The second kappa shape index (κ2) is 3.83. The van der Waals surface area contributed by atoms with Gasteiger partial charge < -0.3 is 5.32 Å². The molecule has 1 aliphatic carbocycles. The molecule has 3 heteroatoms. The molecule has 0 unspecified atom stereocenters. The van der Waals surface area contributed by atoms with Crippen molar-refractivity contribution in [2.24, 2.45) is 5.92 Å². The Morgan fingerprint density at radius 1 is 1.54 bits per heavy atom. The number of hydrogen-bond acceptors (Lipinski definition) is 2. The minimum atomic E-state index is -0.217. The van der Waals surface area contributed by atoms with Crippen molar-refractivity contribution in [3.8, 4) is 0 Å². The van der Waals surface area contributed by atoms with Crippen LogP contribution < -0.4 is 5.32 Å². The van der Waals surface area contributed by atoms with E-state index in [1.807, 2.05) is 0 Å². The first-order valence-electron chi connectivity index (χ1n) is 4.65. The molecule has 0 radical (unpaired) electrons. The van der Waals surface area contributed by atoms with Crippen molar-refractivity contribution < 1.29 is 4.39 Å². The fraction of sp³-hybridized carbons (Fsp3) is 0.500. The molecule has 0 amide bonds. The summed E-state index contributed by atoms with van der Waals surface area (Å²) in [5.41, 5.74) is 0.704. The number of rotatable bonds is 4. The van der Waals surface area contributed by atoms with E-state index in [0.29, 0.717) is 12.1 Å². The van der Waals surface area contributed by atoms with Crippen LogP contribution in [0.25, 0.3) is 0 Å². The van der Waals surface area contributed by atoms with Crippen LogP contribution in [0.15, 0.2) is 18.5 Å². The van der Waals surface area contributed by atoms with Crippen LogP contribution in [0.4, 0.5) is 4.39 Å². The Hall–Kier alpha value is -0.960. The molecule has 70 valence electrons. The van der Waals surface area contributed by atoms with E-state index in [1.54, 1.807) is 12.3 Å². The smallest absolute Gasteiger partial charge is 0.145 e. The van der Waals surface area contributed by atoms with Crippen molar-refractivity contribution in [2.45, 2.75) is 19.4 Å². The van der Waals surface area contributed by atoms with Crippen LogP contribution in [-0.2, 0) is 6.54 Å². The largest absolute Gasteiger partial charge is 0.312 e. The van der Waals surface area contributed by atoms with Gasteiger partial charge in [-0.05, 0) is 31.4 Å². The first-order valence-corrected chi connectivity index (χ1v) is 4.65. The van der Waals surface area contributed by atoms with Gasteiger partial charge in [0.2, 0.25) is 0 Å². The van der Waals surface area contributed by atoms with Gasteiger partial charge in [0.1, 0.15) is 5.82 Å². The minimum absolute atomic E-state index is 0.217. The Morgan fingerprint density at radius 3 is 3.08 bits per heavy atom. The molecule has 1 saturated carbocycles. The summed E-state index contributed by atoms with van der Waals surface area (Å²) in [4.78, 5) is 3.70. The molecule has 0 saturated heterocycles. The van der Waals surface area contributed by atoms with E-state index in [2.05, 4.69) is 10.3 Å². The summed E-state index contributed by atoms with van der Waals surface area (Å²) in [6.07, 6.45) is 5.53. The molecule has 2 nitrogen and oxygen atoms in total. The first-order chi connectivity index (χ1) is 6.36. The first kappa shape index (κ1) is 8.63. The molecule has 0 atom stereocenters. The van der Waals surface area contributed by atoms with Crippen LogP contribution in [0.1, 0.15) is 18.4 Å². The van der Waals surface area contributed by atoms with Gasteiger partial charge >= 0.3 is 0 Å². The van der Waals surface area contributed by atoms with Crippen LogP contribution in [0.5, 0.6) is 0 Å². The highest BCUT2D eigenvalue weighted by Crippen LogP contribution is 2.27. The Labute approximate surface area is 77.2 Å². The third-order valence-electron chi connectivity index (χ3n) is 2.30. The monoisotopic (exact) mass is 180 g/mol. The lowest BCUT2D eigenvalue weighted by molar-refractivity contribution is 0.573. The van der Waals surface area contributed by atoms with E-state index < -0.39 is 0 Å². The van der Waals surface area contributed by atoms with E-state index in [-0.39, 0.29) is 5.82 Å². The van der Waals surface area contributed by atoms with Crippen molar-refractivity contribution in [3.63, 3.8) is 0 Å². The van der Waals surface area contributed by atoms with E-state index in [0.717, 1.165) is 12.5 Å². The maximum atomic E-state index is 13.0. The third-order valence-corrected chi connectivity index (χ3v) is 2.30. The number of aromatic nitrogens is 1. The molecular weight excluding hydrogens is 167 g/mol. The van der Waals surface area contributed by atoms with Crippen molar-refractivity contribution in [3.05, 3.63) is 29.8 Å². The standard InChI is InChI=1S/C10H13FN2/c11-10-7-12-4-3-9(10)6-13-5-8-1-2-8/h3-4,7-8,13H,1-2,5-6H2. The van der Waals surface area contributed by atoms with Gasteiger partial charge in [-0.2, -0.15) is 0 Å². The van der Waals surface area contributed by atoms with Crippen LogP contribution in [-0.4, -0.2) is 11.5 Å². The average Bonchev–Trinajstić information content (AvgIpc) is 2.92. The molecular formula is C10H13FN2. The molecule has 13 heavy (non-hydrogen) atoms. The molecule has 1 fully saturated rings. The Bertz CT molecular complexity index is 284. The predicted molar refractivity (Wildman–Crippen MR) is 48.6 cm³/mol. The van der Waals surface area contributed by atoms with Crippen molar-refractivity contribution in [1.82, 2.24) is 10.3 Å². The predicted octanol–water partition coefficient (Wildman–Crippen LogP) is 1.72. The highest BCUT2D eigenvalue weighted by Gasteiger charge is 2.20. The summed E-state index contributed by atoms with van der Waals surface area (Å²) in [5.74, 6) is 0.621. The molecule has 1 aromatic rings. The van der Waals surface area contributed by atoms with Crippen molar-refractivity contribution in [1.29, 1.82) is 0 Å². The summed E-state index contributed by atoms with van der Waals surface area (Å²) in [7, 11) is 0. The molecule has 0 bridgehead atoms. The van der Waals surface area contributed by atoms with Crippen molar-refractivity contribution >= 4 is 0 Å². The maximum Gasteiger partial charge on any atom is 0.145 e. The Balaban J connectivity index is 1.82.